The molecule has 1 aliphatic heterocycles. The van der Waals surface area contributed by atoms with Crippen molar-refractivity contribution in [2.24, 2.45) is 0 Å². The molecule has 0 aliphatic carbocycles. The van der Waals surface area contributed by atoms with Crippen molar-refractivity contribution in [3.8, 4) is 0 Å². The summed E-state index contributed by atoms with van der Waals surface area (Å²) >= 11 is 0. The van der Waals surface area contributed by atoms with Crippen LogP contribution in [0.25, 0.3) is 0 Å². The van der Waals surface area contributed by atoms with Crippen LogP contribution in [0.4, 0.5) is 5.69 Å². The SMILES string of the molecule is Nc1ccnc(CN2CCn3cnnc3C2)c1. The number of hydrogen-bond donors (Lipinski definition) is 1. The Kier molecular flexibility index (Phi) is 2.49. The molecule has 6 nitrogen and oxygen atoms in total. The van der Waals surface area contributed by atoms with Gasteiger partial charge in [-0.3, -0.25) is 9.88 Å². The lowest BCUT2D eigenvalue weighted by Gasteiger charge is -2.26. The first-order valence-corrected chi connectivity index (χ1v) is 5.61. The molecule has 3 rings (SSSR count). The first-order valence-electron chi connectivity index (χ1n) is 5.61. The van der Waals surface area contributed by atoms with Crippen LogP contribution in [0.15, 0.2) is 24.7 Å². The Morgan fingerprint density at radius 3 is 3.18 bits per heavy atom. The van der Waals surface area contributed by atoms with Crippen molar-refractivity contribution in [1.29, 1.82) is 0 Å². The summed E-state index contributed by atoms with van der Waals surface area (Å²) < 4.78 is 2.09. The van der Waals surface area contributed by atoms with Gasteiger partial charge in [0.05, 0.1) is 12.2 Å². The van der Waals surface area contributed by atoms with E-state index in [1.165, 1.54) is 0 Å². The molecule has 0 saturated carbocycles. The smallest absolute Gasteiger partial charge is 0.147 e. The molecule has 1 aliphatic rings. The zero-order valence-corrected chi connectivity index (χ0v) is 9.45. The van der Waals surface area contributed by atoms with Crippen molar-refractivity contribution >= 4 is 5.69 Å². The first kappa shape index (κ1) is 10.2. The third-order valence-electron chi connectivity index (χ3n) is 2.94. The maximum absolute atomic E-state index is 5.74. The lowest BCUT2D eigenvalue weighted by atomic mass is 10.2. The number of nitrogens with zero attached hydrogens (tertiary/aromatic N) is 5. The molecular formula is C11H14N6. The molecule has 2 N–H and O–H groups in total. The molecule has 0 atom stereocenters. The van der Waals surface area contributed by atoms with Crippen LogP contribution in [0.3, 0.4) is 0 Å². The second-order valence-corrected chi connectivity index (χ2v) is 4.23. The van der Waals surface area contributed by atoms with Crippen LogP contribution in [-0.4, -0.2) is 31.2 Å². The lowest BCUT2D eigenvalue weighted by Crippen LogP contribution is -2.33. The fraction of sp³-hybridized carbons (Fsp3) is 0.364. The van der Waals surface area contributed by atoms with Crippen molar-refractivity contribution < 1.29 is 0 Å². The van der Waals surface area contributed by atoms with E-state index in [4.69, 9.17) is 5.73 Å². The monoisotopic (exact) mass is 230 g/mol. The molecular weight excluding hydrogens is 216 g/mol. The van der Waals surface area contributed by atoms with Crippen molar-refractivity contribution in [3.05, 3.63) is 36.2 Å². The van der Waals surface area contributed by atoms with Gasteiger partial charge in [0.2, 0.25) is 0 Å². The van der Waals surface area contributed by atoms with E-state index in [9.17, 15) is 0 Å². The topological polar surface area (TPSA) is 72.9 Å². The minimum atomic E-state index is 0.759. The largest absolute Gasteiger partial charge is 0.399 e. The van der Waals surface area contributed by atoms with Gasteiger partial charge in [-0.2, -0.15) is 0 Å². The van der Waals surface area contributed by atoms with Gasteiger partial charge in [0.25, 0.3) is 0 Å². The number of fused-ring (bicyclic) bond motifs is 1. The van der Waals surface area contributed by atoms with E-state index in [1.54, 1.807) is 18.6 Å². The van der Waals surface area contributed by atoms with Crippen LogP contribution in [0.2, 0.25) is 0 Å². The summed E-state index contributed by atoms with van der Waals surface area (Å²) in [4.78, 5) is 6.61. The summed E-state index contributed by atoms with van der Waals surface area (Å²) in [7, 11) is 0. The summed E-state index contributed by atoms with van der Waals surface area (Å²) in [5.74, 6) is 1.01. The Morgan fingerprint density at radius 2 is 2.29 bits per heavy atom. The summed E-state index contributed by atoms with van der Waals surface area (Å²) in [5, 5.41) is 8.00. The van der Waals surface area contributed by atoms with Gasteiger partial charge in [-0.05, 0) is 12.1 Å². The second kappa shape index (κ2) is 4.14. The van der Waals surface area contributed by atoms with Gasteiger partial charge in [0.15, 0.2) is 0 Å². The number of hydrogen-bond acceptors (Lipinski definition) is 5. The Morgan fingerprint density at radius 1 is 1.35 bits per heavy atom. The number of rotatable bonds is 2. The van der Waals surface area contributed by atoms with Gasteiger partial charge in [-0.25, -0.2) is 0 Å². The Bertz CT molecular complexity index is 520. The van der Waals surface area contributed by atoms with Crippen LogP contribution in [-0.2, 0) is 19.6 Å². The van der Waals surface area contributed by atoms with Crippen LogP contribution in [0, 0.1) is 0 Å². The predicted octanol–water partition coefficient (Wildman–Crippen LogP) is 0.271. The summed E-state index contributed by atoms with van der Waals surface area (Å²) in [6.07, 6.45) is 3.53. The molecule has 2 aromatic heterocycles. The van der Waals surface area contributed by atoms with E-state index in [2.05, 4.69) is 24.6 Å². The van der Waals surface area contributed by atoms with Gasteiger partial charge in [-0.1, -0.05) is 0 Å². The second-order valence-electron chi connectivity index (χ2n) is 4.23. The Balaban J connectivity index is 1.72. The number of nitrogens with two attached hydrogens (primary N) is 1. The molecule has 0 aromatic carbocycles. The minimum Gasteiger partial charge on any atom is -0.399 e. The lowest BCUT2D eigenvalue weighted by molar-refractivity contribution is 0.206. The molecule has 0 saturated heterocycles. The fourth-order valence-corrected chi connectivity index (χ4v) is 2.06. The quantitative estimate of drug-likeness (QED) is 0.801. The summed E-state index contributed by atoms with van der Waals surface area (Å²) in [6.45, 7) is 3.54. The van der Waals surface area contributed by atoms with E-state index in [-0.39, 0.29) is 0 Å². The molecule has 0 unspecified atom stereocenters. The number of aromatic nitrogens is 4. The molecule has 17 heavy (non-hydrogen) atoms. The third kappa shape index (κ3) is 2.12. The van der Waals surface area contributed by atoms with Crippen molar-refractivity contribution in [2.45, 2.75) is 19.6 Å². The first-order chi connectivity index (χ1) is 8.31. The van der Waals surface area contributed by atoms with Crippen molar-refractivity contribution in [1.82, 2.24) is 24.6 Å². The number of pyridine rings is 1. The highest BCUT2D eigenvalue weighted by Crippen LogP contribution is 2.13. The van der Waals surface area contributed by atoms with E-state index < -0.39 is 0 Å². The van der Waals surface area contributed by atoms with E-state index in [0.717, 1.165) is 43.4 Å². The maximum atomic E-state index is 5.74. The van der Waals surface area contributed by atoms with Gasteiger partial charge in [-0.15, -0.1) is 10.2 Å². The van der Waals surface area contributed by atoms with Crippen LogP contribution in [0.1, 0.15) is 11.5 Å². The Hall–Kier alpha value is -1.95. The zero-order valence-electron chi connectivity index (χ0n) is 9.45. The molecule has 0 fully saturated rings. The van der Waals surface area contributed by atoms with Gasteiger partial charge in [0.1, 0.15) is 12.2 Å². The van der Waals surface area contributed by atoms with E-state index in [1.807, 2.05) is 6.07 Å². The molecule has 0 spiro atoms. The average Bonchev–Trinajstić information content (AvgIpc) is 2.76. The standard InChI is InChI=1S/C11H14N6/c12-9-1-2-13-10(5-9)6-16-3-4-17-8-14-15-11(17)7-16/h1-2,5,8H,3-4,6-7H2,(H2,12,13). The minimum absolute atomic E-state index is 0.759. The van der Waals surface area contributed by atoms with Gasteiger partial charge >= 0.3 is 0 Å². The molecule has 6 heteroatoms. The average molecular weight is 230 g/mol. The number of anilines is 1. The molecule has 2 aromatic rings. The zero-order chi connectivity index (χ0) is 11.7. The predicted molar refractivity (Wildman–Crippen MR) is 62.8 cm³/mol. The third-order valence-corrected chi connectivity index (χ3v) is 2.94. The summed E-state index contributed by atoms with van der Waals surface area (Å²) in [6, 6.07) is 3.72. The molecule has 0 bridgehead atoms. The van der Waals surface area contributed by atoms with Crippen molar-refractivity contribution in [2.75, 3.05) is 12.3 Å². The molecule has 3 heterocycles. The van der Waals surface area contributed by atoms with Crippen LogP contribution in [0.5, 0.6) is 0 Å². The maximum Gasteiger partial charge on any atom is 0.147 e. The van der Waals surface area contributed by atoms with Crippen molar-refractivity contribution in [3.63, 3.8) is 0 Å². The van der Waals surface area contributed by atoms with E-state index in [0.29, 0.717) is 0 Å². The molecule has 0 radical (unpaired) electrons. The van der Waals surface area contributed by atoms with Gasteiger partial charge in [0, 0.05) is 31.5 Å². The van der Waals surface area contributed by atoms with Crippen LogP contribution >= 0.6 is 0 Å². The normalized spacial score (nSPS) is 15.8. The summed E-state index contributed by atoms with van der Waals surface area (Å²) in [5.41, 5.74) is 7.50. The Labute approximate surface area is 99.1 Å². The highest BCUT2D eigenvalue weighted by Gasteiger charge is 2.17. The van der Waals surface area contributed by atoms with Gasteiger partial charge < -0.3 is 10.3 Å². The van der Waals surface area contributed by atoms with Crippen LogP contribution < -0.4 is 5.73 Å². The molecule has 0 amide bonds. The highest BCUT2D eigenvalue weighted by molar-refractivity contribution is 5.37. The highest BCUT2D eigenvalue weighted by atomic mass is 15.3. The number of nitrogen functional groups attached to an aromatic ring is 1. The molecule has 88 valence electrons. The van der Waals surface area contributed by atoms with E-state index >= 15 is 0 Å². The fourth-order valence-electron chi connectivity index (χ4n) is 2.06.